The smallest absolute Gasteiger partial charge is 0.205 e. The van der Waals surface area contributed by atoms with Crippen molar-refractivity contribution in [3.8, 4) is 6.07 Å². The van der Waals surface area contributed by atoms with E-state index >= 15 is 0 Å². The van der Waals surface area contributed by atoms with Gasteiger partial charge >= 0.3 is 0 Å². The van der Waals surface area contributed by atoms with Crippen LogP contribution in [-0.4, -0.2) is 15.6 Å². The fourth-order valence-corrected chi connectivity index (χ4v) is 2.86. The molecule has 1 aliphatic heterocycles. The highest BCUT2D eigenvalue weighted by Gasteiger charge is 2.39. The highest BCUT2D eigenvalue weighted by molar-refractivity contribution is 5.99. The van der Waals surface area contributed by atoms with Crippen LogP contribution in [0.3, 0.4) is 0 Å². The first-order chi connectivity index (χ1) is 10.2. The van der Waals surface area contributed by atoms with Gasteiger partial charge in [0.1, 0.15) is 17.4 Å². The Labute approximate surface area is 122 Å². The Morgan fingerprint density at radius 2 is 2.38 bits per heavy atom. The molecule has 108 valence electrons. The van der Waals surface area contributed by atoms with Crippen molar-refractivity contribution >= 4 is 5.78 Å². The number of carbonyl (C=O) groups is 1. The Balaban J connectivity index is 2.14. The number of hydrogen-bond donors (Lipinski definition) is 1. The van der Waals surface area contributed by atoms with Crippen LogP contribution in [0, 0.1) is 11.3 Å². The summed E-state index contributed by atoms with van der Waals surface area (Å²) in [4.78, 5) is 12.3. The molecule has 0 fully saturated rings. The molecule has 6 heteroatoms. The molecule has 1 atom stereocenters. The number of ether oxygens (including phenoxy) is 1. The number of nitrogens with two attached hydrogens (primary N) is 1. The minimum Gasteiger partial charge on any atom is -0.444 e. The van der Waals surface area contributed by atoms with Crippen LogP contribution in [0.2, 0.25) is 0 Å². The van der Waals surface area contributed by atoms with Gasteiger partial charge in [-0.3, -0.25) is 9.48 Å². The second-order valence-corrected chi connectivity index (χ2v) is 5.13. The number of rotatable bonds is 2. The highest BCUT2D eigenvalue weighted by atomic mass is 16.5. The summed E-state index contributed by atoms with van der Waals surface area (Å²) in [6, 6.07) is 3.91. The van der Waals surface area contributed by atoms with E-state index in [9.17, 15) is 10.1 Å². The average Bonchev–Trinajstić information content (AvgIpc) is 2.94. The number of aromatic nitrogens is 2. The first-order valence-electron chi connectivity index (χ1n) is 7.02. The van der Waals surface area contributed by atoms with E-state index in [2.05, 4.69) is 11.2 Å². The van der Waals surface area contributed by atoms with Gasteiger partial charge in [0.15, 0.2) is 5.78 Å². The second kappa shape index (κ2) is 5.09. The van der Waals surface area contributed by atoms with Crippen molar-refractivity contribution in [1.29, 1.82) is 5.26 Å². The predicted octanol–water partition coefficient (Wildman–Crippen LogP) is 1.72. The van der Waals surface area contributed by atoms with E-state index < -0.39 is 5.92 Å². The van der Waals surface area contributed by atoms with Crippen molar-refractivity contribution in [2.24, 2.45) is 5.73 Å². The molecule has 0 saturated carbocycles. The van der Waals surface area contributed by atoms with Crippen LogP contribution in [0.5, 0.6) is 0 Å². The molecule has 0 radical (unpaired) electrons. The van der Waals surface area contributed by atoms with Crippen LogP contribution in [0.15, 0.2) is 35.1 Å². The van der Waals surface area contributed by atoms with Gasteiger partial charge in [0.25, 0.3) is 0 Å². The van der Waals surface area contributed by atoms with Gasteiger partial charge in [0.05, 0.1) is 11.6 Å². The van der Waals surface area contributed by atoms with Gasteiger partial charge in [-0.05, 0) is 19.4 Å². The normalized spacial score (nSPS) is 21.9. The highest BCUT2D eigenvalue weighted by Crippen LogP contribution is 2.42. The number of hydrogen-bond acceptors (Lipinski definition) is 5. The van der Waals surface area contributed by atoms with E-state index in [0.717, 1.165) is 13.0 Å². The van der Waals surface area contributed by atoms with Crippen molar-refractivity contribution in [1.82, 2.24) is 9.78 Å². The lowest BCUT2D eigenvalue weighted by Crippen LogP contribution is -2.27. The second-order valence-electron chi connectivity index (χ2n) is 5.13. The summed E-state index contributed by atoms with van der Waals surface area (Å²) in [5.41, 5.74) is 7.35. The molecule has 0 amide bonds. The molecule has 1 aromatic rings. The lowest BCUT2D eigenvalue weighted by molar-refractivity contribution is -0.116. The summed E-state index contributed by atoms with van der Waals surface area (Å²) in [5.74, 6) is 0.202. The van der Waals surface area contributed by atoms with Crippen LogP contribution in [0.1, 0.15) is 37.8 Å². The summed E-state index contributed by atoms with van der Waals surface area (Å²) >= 11 is 0. The van der Waals surface area contributed by atoms with Gasteiger partial charge in [-0.25, -0.2) is 0 Å². The zero-order chi connectivity index (χ0) is 15.0. The number of nitrogens with zero attached hydrogens (tertiary/aromatic N) is 3. The van der Waals surface area contributed by atoms with Crippen molar-refractivity contribution in [2.45, 2.75) is 38.6 Å². The van der Waals surface area contributed by atoms with Gasteiger partial charge < -0.3 is 10.5 Å². The maximum absolute atomic E-state index is 12.3. The third kappa shape index (κ3) is 2.11. The maximum Gasteiger partial charge on any atom is 0.205 e. The van der Waals surface area contributed by atoms with Crippen molar-refractivity contribution in [3.05, 3.63) is 40.7 Å². The molecule has 2 aliphatic rings. The number of allylic oxidation sites excluding steroid dienone is 3. The topological polar surface area (TPSA) is 93.9 Å². The summed E-state index contributed by atoms with van der Waals surface area (Å²) in [5, 5.41) is 13.8. The van der Waals surface area contributed by atoms with Crippen molar-refractivity contribution < 1.29 is 9.53 Å². The molecule has 0 spiro atoms. The van der Waals surface area contributed by atoms with Crippen LogP contribution in [0.4, 0.5) is 0 Å². The Bertz CT molecular complexity index is 706. The molecule has 21 heavy (non-hydrogen) atoms. The third-order valence-electron chi connectivity index (χ3n) is 3.89. The van der Waals surface area contributed by atoms with Gasteiger partial charge in [0.2, 0.25) is 5.88 Å². The molecule has 1 aromatic heterocycles. The van der Waals surface area contributed by atoms with E-state index in [0.29, 0.717) is 29.9 Å². The lowest BCUT2D eigenvalue weighted by Gasteiger charge is -2.29. The molecular formula is C15H16N4O2. The monoisotopic (exact) mass is 284 g/mol. The number of aryl methyl sites for hydroxylation is 1. The van der Waals surface area contributed by atoms with Crippen molar-refractivity contribution in [2.75, 3.05) is 0 Å². The first kappa shape index (κ1) is 13.4. The minimum absolute atomic E-state index is 0.0209. The van der Waals surface area contributed by atoms with E-state index in [1.54, 1.807) is 4.68 Å². The first-order valence-corrected chi connectivity index (χ1v) is 7.02. The van der Waals surface area contributed by atoms with E-state index in [4.69, 9.17) is 10.5 Å². The molecule has 2 heterocycles. The van der Waals surface area contributed by atoms with Crippen LogP contribution in [0.25, 0.3) is 0 Å². The zero-order valence-corrected chi connectivity index (χ0v) is 11.8. The number of Topliss-reactive ketones (excluding diaryl/α,β-unsaturated/α-hetero) is 1. The van der Waals surface area contributed by atoms with Crippen LogP contribution in [-0.2, 0) is 16.1 Å². The molecule has 2 N–H and O–H groups in total. The Morgan fingerprint density at radius 3 is 3.05 bits per heavy atom. The van der Waals surface area contributed by atoms with Crippen LogP contribution < -0.4 is 5.73 Å². The van der Waals surface area contributed by atoms with Gasteiger partial charge in [-0.2, -0.15) is 10.4 Å². The lowest BCUT2D eigenvalue weighted by atomic mass is 9.80. The summed E-state index contributed by atoms with van der Waals surface area (Å²) < 4.78 is 7.28. The Hall–Kier alpha value is -2.55. The summed E-state index contributed by atoms with van der Waals surface area (Å²) in [7, 11) is 0. The minimum atomic E-state index is -0.501. The van der Waals surface area contributed by atoms with Gasteiger partial charge in [-0.15, -0.1) is 0 Å². The number of nitriles is 1. The molecule has 1 aliphatic carbocycles. The largest absolute Gasteiger partial charge is 0.444 e. The molecule has 6 nitrogen and oxygen atoms in total. The van der Waals surface area contributed by atoms with E-state index in [1.807, 2.05) is 19.2 Å². The fraction of sp³-hybridized carbons (Fsp3) is 0.400. The van der Waals surface area contributed by atoms with Crippen molar-refractivity contribution in [3.63, 3.8) is 0 Å². The quantitative estimate of drug-likeness (QED) is 0.892. The molecule has 0 unspecified atom stereocenters. The maximum atomic E-state index is 12.3. The molecule has 3 rings (SSSR count). The zero-order valence-electron chi connectivity index (χ0n) is 11.8. The predicted molar refractivity (Wildman–Crippen MR) is 74.4 cm³/mol. The molecular weight excluding hydrogens is 268 g/mol. The SMILES string of the molecule is CCn1ccc([C@@H]2C(C#N)=C(N)OC3=C2C(=O)CCC3)n1. The molecule has 0 aromatic carbocycles. The summed E-state index contributed by atoms with van der Waals surface area (Å²) in [6.45, 7) is 2.71. The van der Waals surface area contributed by atoms with Crippen LogP contribution >= 0.6 is 0 Å². The van der Waals surface area contributed by atoms with E-state index in [-0.39, 0.29) is 17.2 Å². The van der Waals surface area contributed by atoms with Gasteiger partial charge in [-0.1, -0.05) is 0 Å². The Kier molecular flexibility index (Phi) is 3.26. The van der Waals surface area contributed by atoms with Gasteiger partial charge in [0, 0.05) is 31.2 Å². The summed E-state index contributed by atoms with van der Waals surface area (Å²) in [6.07, 6.45) is 3.74. The standard InChI is InChI=1S/C15H16N4O2/c1-2-19-7-6-10(18-19)13-9(8-16)15(17)21-12-5-3-4-11(20)14(12)13/h6-7,13H,2-5,17H2,1H3/t13-/m0/s1. The van der Waals surface area contributed by atoms with E-state index in [1.165, 1.54) is 0 Å². The fourth-order valence-electron chi connectivity index (χ4n) is 2.86. The average molecular weight is 284 g/mol. The third-order valence-corrected chi connectivity index (χ3v) is 3.89. The molecule has 0 bridgehead atoms. The number of carbonyl (C=O) groups excluding carboxylic acids is 1. The molecule has 0 saturated heterocycles. The number of ketones is 1. The Morgan fingerprint density at radius 1 is 1.57 bits per heavy atom.